The van der Waals surface area contributed by atoms with Gasteiger partial charge in [0.25, 0.3) is 0 Å². The fourth-order valence-corrected chi connectivity index (χ4v) is 4.06. The minimum atomic E-state index is -1.47. The third-order valence-electron chi connectivity index (χ3n) is 4.68. The van der Waals surface area contributed by atoms with Crippen molar-refractivity contribution in [3.63, 3.8) is 0 Å². The van der Waals surface area contributed by atoms with Crippen molar-refractivity contribution in [2.24, 2.45) is 0 Å². The molecule has 0 amide bonds. The lowest BCUT2D eigenvalue weighted by Gasteiger charge is -2.19. The van der Waals surface area contributed by atoms with Gasteiger partial charge in [0.05, 0.1) is 12.2 Å². The van der Waals surface area contributed by atoms with Crippen molar-refractivity contribution in [3.05, 3.63) is 132 Å². The highest BCUT2D eigenvalue weighted by Crippen LogP contribution is 2.40. The maximum Gasteiger partial charge on any atom is 0.350 e. The Morgan fingerprint density at radius 2 is 1.21 bits per heavy atom. The van der Waals surface area contributed by atoms with Gasteiger partial charge in [-0.25, -0.2) is 4.79 Å². The molecule has 4 rings (SSSR count). The quantitative estimate of drug-likeness (QED) is 0.206. The fourth-order valence-electron chi connectivity index (χ4n) is 2.96. The van der Waals surface area contributed by atoms with Gasteiger partial charge in [-0.15, -0.1) is 0 Å². The average Bonchev–Trinajstić information content (AvgIpc) is 2.88. The third kappa shape index (κ3) is 7.18. The molecule has 0 spiro atoms. The first-order valence-corrected chi connectivity index (χ1v) is 11.7. The van der Waals surface area contributed by atoms with E-state index in [1.54, 1.807) is 24.3 Å². The normalized spacial score (nSPS) is 11.4. The molecule has 0 saturated carbocycles. The Kier molecular flexibility index (Phi) is 8.07. The van der Waals surface area contributed by atoms with E-state index in [0.717, 1.165) is 16.8 Å². The van der Waals surface area contributed by atoms with Crippen LogP contribution in [-0.2, 0) is 22.5 Å². The lowest BCUT2D eigenvalue weighted by Crippen LogP contribution is -2.06. The molecule has 0 bridgehead atoms. The molecule has 0 aliphatic heterocycles. The van der Waals surface area contributed by atoms with Gasteiger partial charge < -0.3 is 18.9 Å². The van der Waals surface area contributed by atoms with Crippen LogP contribution >= 0.6 is 8.53 Å². The smallest absolute Gasteiger partial charge is 0.350 e. The molecule has 5 nitrogen and oxygen atoms in total. The standard InChI is InChI=1S/C27H24NO4P/c29-27(30-20-22-10-4-1-5-11-22)24-16-18-26(19-17-24)32-33(28-25-14-8-3-9-15-25)31-21-23-12-6-2-7-13-23/h1-19,28H,20-21H2. The number of benzene rings is 4. The molecule has 0 aliphatic carbocycles. The van der Waals surface area contributed by atoms with Crippen molar-refractivity contribution >= 4 is 20.2 Å². The lowest BCUT2D eigenvalue weighted by molar-refractivity contribution is 0.0472. The summed E-state index contributed by atoms with van der Waals surface area (Å²) in [7, 11) is -1.47. The first kappa shape index (κ1) is 22.5. The molecule has 6 heteroatoms. The molecule has 0 radical (unpaired) electrons. The number of carbonyl (C=O) groups is 1. The summed E-state index contributed by atoms with van der Waals surface area (Å²) in [5, 5.41) is 3.30. The number of rotatable bonds is 10. The van der Waals surface area contributed by atoms with E-state index in [0.29, 0.717) is 17.9 Å². The van der Waals surface area contributed by atoms with E-state index in [1.165, 1.54) is 0 Å². The van der Waals surface area contributed by atoms with E-state index in [-0.39, 0.29) is 12.6 Å². The second-order valence-electron chi connectivity index (χ2n) is 7.17. The van der Waals surface area contributed by atoms with Crippen LogP contribution in [0.15, 0.2) is 115 Å². The molecule has 1 atom stereocenters. The van der Waals surface area contributed by atoms with Crippen molar-refractivity contribution in [3.8, 4) is 5.75 Å². The molecule has 0 heterocycles. The van der Waals surface area contributed by atoms with E-state index in [9.17, 15) is 4.79 Å². The summed E-state index contributed by atoms with van der Waals surface area (Å²) >= 11 is 0. The summed E-state index contributed by atoms with van der Waals surface area (Å²) < 4.78 is 17.5. The van der Waals surface area contributed by atoms with E-state index in [1.807, 2.05) is 91.0 Å². The van der Waals surface area contributed by atoms with Crippen LogP contribution in [-0.4, -0.2) is 5.97 Å². The van der Waals surface area contributed by atoms with E-state index >= 15 is 0 Å². The summed E-state index contributed by atoms with van der Waals surface area (Å²) in [5.41, 5.74) is 3.36. The predicted octanol–water partition coefficient (Wildman–Crippen LogP) is 6.98. The van der Waals surface area contributed by atoms with Gasteiger partial charge in [-0.3, -0.25) is 0 Å². The van der Waals surface area contributed by atoms with E-state index < -0.39 is 8.53 Å². The van der Waals surface area contributed by atoms with Gasteiger partial charge >= 0.3 is 14.5 Å². The Morgan fingerprint density at radius 1 is 0.667 bits per heavy atom. The van der Waals surface area contributed by atoms with Crippen molar-refractivity contribution in [1.82, 2.24) is 0 Å². The molecule has 0 aromatic heterocycles. The number of ether oxygens (including phenoxy) is 1. The number of anilines is 1. The van der Waals surface area contributed by atoms with Crippen LogP contribution in [0.2, 0.25) is 0 Å². The highest BCUT2D eigenvalue weighted by molar-refractivity contribution is 7.49. The summed E-state index contributed by atoms with van der Waals surface area (Å²) in [4.78, 5) is 12.4. The lowest BCUT2D eigenvalue weighted by atomic mass is 10.2. The van der Waals surface area contributed by atoms with Gasteiger partial charge in [0.15, 0.2) is 0 Å². The molecule has 4 aromatic carbocycles. The third-order valence-corrected chi connectivity index (χ3v) is 5.86. The molecule has 166 valence electrons. The fraction of sp³-hybridized carbons (Fsp3) is 0.0741. The van der Waals surface area contributed by atoms with Crippen LogP contribution in [0, 0.1) is 0 Å². The highest BCUT2D eigenvalue weighted by atomic mass is 31.2. The van der Waals surface area contributed by atoms with Crippen molar-refractivity contribution < 1.29 is 18.6 Å². The number of carbonyl (C=O) groups excluding carboxylic acids is 1. The largest absolute Gasteiger partial charge is 0.457 e. The minimum absolute atomic E-state index is 0.234. The molecule has 0 aliphatic rings. The van der Waals surface area contributed by atoms with Crippen LogP contribution in [0.25, 0.3) is 0 Å². The van der Waals surface area contributed by atoms with Crippen molar-refractivity contribution in [2.45, 2.75) is 13.2 Å². The van der Waals surface area contributed by atoms with Crippen LogP contribution in [0.5, 0.6) is 5.75 Å². The topological polar surface area (TPSA) is 56.8 Å². The first-order chi connectivity index (χ1) is 16.3. The molecule has 4 aromatic rings. The van der Waals surface area contributed by atoms with Gasteiger partial charge in [0.2, 0.25) is 0 Å². The van der Waals surface area contributed by atoms with Crippen LogP contribution in [0.4, 0.5) is 5.69 Å². The zero-order chi connectivity index (χ0) is 22.7. The number of nitrogens with one attached hydrogen (secondary N) is 1. The van der Waals surface area contributed by atoms with Gasteiger partial charge in [-0.2, -0.15) is 0 Å². The monoisotopic (exact) mass is 457 g/mol. The molecule has 0 fully saturated rings. The summed E-state index contributed by atoms with van der Waals surface area (Å²) in [5.74, 6) is 0.215. The molecule has 0 saturated heterocycles. The van der Waals surface area contributed by atoms with Crippen LogP contribution in [0.1, 0.15) is 21.5 Å². The Balaban J connectivity index is 1.37. The highest BCUT2D eigenvalue weighted by Gasteiger charge is 2.15. The van der Waals surface area contributed by atoms with Crippen molar-refractivity contribution in [1.29, 1.82) is 0 Å². The maximum atomic E-state index is 12.4. The zero-order valence-electron chi connectivity index (χ0n) is 18.0. The van der Waals surface area contributed by atoms with Gasteiger partial charge in [0.1, 0.15) is 12.4 Å². The molecule has 1 N–H and O–H groups in total. The Hall–Kier alpha value is -3.66. The molecule has 1 unspecified atom stereocenters. The summed E-state index contributed by atoms with van der Waals surface area (Å²) in [6.45, 7) is 0.647. The van der Waals surface area contributed by atoms with E-state index in [4.69, 9.17) is 13.8 Å². The van der Waals surface area contributed by atoms with Gasteiger partial charge in [-0.1, -0.05) is 78.9 Å². The maximum absolute atomic E-state index is 12.4. The first-order valence-electron chi connectivity index (χ1n) is 10.5. The Bertz CT molecular complexity index is 1120. The van der Waals surface area contributed by atoms with Crippen LogP contribution in [0.3, 0.4) is 0 Å². The van der Waals surface area contributed by atoms with Gasteiger partial charge in [-0.05, 0) is 47.5 Å². The summed E-state index contributed by atoms with van der Waals surface area (Å²) in [6, 6.07) is 36.1. The zero-order valence-corrected chi connectivity index (χ0v) is 18.9. The van der Waals surface area contributed by atoms with E-state index in [2.05, 4.69) is 5.09 Å². The number of hydrogen-bond acceptors (Lipinski definition) is 5. The van der Waals surface area contributed by atoms with Crippen molar-refractivity contribution in [2.75, 3.05) is 5.09 Å². The predicted molar refractivity (Wildman–Crippen MR) is 131 cm³/mol. The summed E-state index contributed by atoms with van der Waals surface area (Å²) in [6.07, 6.45) is 0. The second-order valence-corrected chi connectivity index (χ2v) is 8.35. The average molecular weight is 457 g/mol. The second kappa shape index (κ2) is 11.8. The van der Waals surface area contributed by atoms with Crippen LogP contribution < -0.4 is 9.61 Å². The Morgan fingerprint density at radius 3 is 1.82 bits per heavy atom. The molecule has 33 heavy (non-hydrogen) atoms. The van der Waals surface area contributed by atoms with Gasteiger partial charge in [0, 0.05) is 5.69 Å². The number of hydrogen-bond donors (Lipinski definition) is 1. The number of para-hydroxylation sites is 1. The minimum Gasteiger partial charge on any atom is -0.457 e. The molecular formula is C27H24NO4P. The SMILES string of the molecule is O=C(OCc1ccccc1)c1ccc(OP(Nc2ccccc2)OCc2ccccc2)cc1. The Labute approximate surface area is 194 Å². The molecular weight excluding hydrogens is 433 g/mol. The number of esters is 1.